The lowest BCUT2D eigenvalue weighted by Crippen LogP contribution is -2.40. The van der Waals surface area contributed by atoms with Crippen LogP contribution in [0.15, 0.2) is 0 Å². The Morgan fingerprint density at radius 3 is 2.39 bits per heavy atom. The number of methoxy groups -OCH3 is 1. The first kappa shape index (κ1) is 14.3. The molecule has 18 heavy (non-hydrogen) atoms. The van der Waals surface area contributed by atoms with Crippen molar-refractivity contribution in [3.63, 3.8) is 0 Å². The van der Waals surface area contributed by atoms with E-state index in [9.17, 15) is 5.11 Å². The first-order chi connectivity index (χ1) is 8.78. The Hall–Kier alpha value is -0.120. The molecule has 1 saturated heterocycles. The number of ether oxygens (including phenoxy) is 1. The molecular formula is C15H29NO2. The van der Waals surface area contributed by atoms with Crippen LogP contribution in [-0.4, -0.2) is 49.5 Å². The minimum Gasteiger partial charge on any atom is -0.392 e. The zero-order chi connectivity index (χ0) is 12.8. The minimum atomic E-state index is -0.105. The second-order valence-electron chi connectivity index (χ2n) is 6.24. The zero-order valence-corrected chi connectivity index (χ0v) is 11.8. The van der Waals surface area contributed by atoms with E-state index in [1.165, 1.54) is 38.5 Å². The third-order valence-corrected chi connectivity index (χ3v) is 4.66. The Morgan fingerprint density at radius 1 is 1.11 bits per heavy atom. The largest absolute Gasteiger partial charge is 0.392 e. The molecule has 0 aromatic rings. The van der Waals surface area contributed by atoms with Crippen LogP contribution >= 0.6 is 0 Å². The van der Waals surface area contributed by atoms with E-state index >= 15 is 0 Å². The summed E-state index contributed by atoms with van der Waals surface area (Å²) in [4.78, 5) is 2.44. The van der Waals surface area contributed by atoms with E-state index in [-0.39, 0.29) is 6.10 Å². The van der Waals surface area contributed by atoms with Gasteiger partial charge in [-0.05, 0) is 44.2 Å². The summed E-state index contributed by atoms with van der Waals surface area (Å²) in [5.41, 5.74) is 0. The number of hydrogen-bond donors (Lipinski definition) is 1. The molecule has 1 atom stereocenters. The van der Waals surface area contributed by atoms with E-state index in [0.717, 1.165) is 44.5 Å². The lowest BCUT2D eigenvalue weighted by molar-refractivity contribution is 0.0563. The molecule has 0 amide bonds. The highest BCUT2D eigenvalue weighted by atomic mass is 16.5. The molecule has 1 aliphatic heterocycles. The average molecular weight is 255 g/mol. The van der Waals surface area contributed by atoms with Gasteiger partial charge in [-0.15, -0.1) is 0 Å². The van der Waals surface area contributed by atoms with Crippen molar-refractivity contribution in [3.05, 3.63) is 0 Å². The predicted octanol–water partition coefficient (Wildman–Crippen LogP) is 2.29. The van der Waals surface area contributed by atoms with Gasteiger partial charge in [-0.3, -0.25) is 0 Å². The highest BCUT2D eigenvalue weighted by Crippen LogP contribution is 2.29. The van der Waals surface area contributed by atoms with Gasteiger partial charge in [0.2, 0.25) is 0 Å². The average Bonchev–Trinajstić information content (AvgIpc) is 2.84. The monoisotopic (exact) mass is 255 g/mol. The van der Waals surface area contributed by atoms with Crippen molar-refractivity contribution in [1.82, 2.24) is 4.90 Å². The SMILES string of the molecule is COCC1CCN(CC(O)CC2CCCC2)CC1. The third-order valence-electron chi connectivity index (χ3n) is 4.66. The summed E-state index contributed by atoms with van der Waals surface area (Å²) in [6.45, 7) is 4.06. The van der Waals surface area contributed by atoms with E-state index in [2.05, 4.69) is 4.90 Å². The van der Waals surface area contributed by atoms with Gasteiger partial charge < -0.3 is 14.7 Å². The van der Waals surface area contributed by atoms with Crippen molar-refractivity contribution >= 4 is 0 Å². The molecule has 1 aliphatic carbocycles. The lowest BCUT2D eigenvalue weighted by Gasteiger charge is -2.33. The zero-order valence-electron chi connectivity index (χ0n) is 11.8. The first-order valence-electron chi connectivity index (χ1n) is 7.67. The molecule has 2 aliphatic rings. The van der Waals surface area contributed by atoms with Crippen LogP contribution < -0.4 is 0 Å². The fourth-order valence-electron chi connectivity index (χ4n) is 3.57. The van der Waals surface area contributed by atoms with E-state index in [0.29, 0.717) is 0 Å². The Kier molecular flexibility index (Phi) is 5.93. The molecule has 0 radical (unpaired) electrons. The Morgan fingerprint density at radius 2 is 1.78 bits per heavy atom. The molecule has 0 bridgehead atoms. The molecule has 2 fully saturated rings. The summed E-state index contributed by atoms with van der Waals surface area (Å²) in [5, 5.41) is 10.2. The summed E-state index contributed by atoms with van der Waals surface area (Å²) in [5.74, 6) is 1.53. The second kappa shape index (κ2) is 7.46. The number of aliphatic hydroxyl groups is 1. The fourth-order valence-corrected chi connectivity index (χ4v) is 3.57. The third kappa shape index (κ3) is 4.52. The predicted molar refractivity (Wildman–Crippen MR) is 73.6 cm³/mol. The number of nitrogens with zero attached hydrogens (tertiary/aromatic N) is 1. The molecule has 1 saturated carbocycles. The molecule has 2 rings (SSSR count). The van der Waals surface area contributed by atoms with E-state index in [4.69, 9.17) is 4.74 Å². The van der Waals surface area contributed by atoms with Crippen LogP contribution in [0.1, 0.15) is 44.9 Å². The van der Waals surface area contributed by atoms with Crippen molar-refractivity contribution in [1.29, 1.82) is 0 Å². The van der Waals surface area contributed by atoms with Gasteiger partial charge in [0.05, 0.1) is 6.10 Å². The maximum absolute atomic E-state index is 10.2. The van der Waals surface area contributed by atoms with Gasteiger partial charge in [0, 0.05) is 20.3 Å². The number of β-amino-alcohol motifs (C(OH)–C–C–N with tert-alkyl or cyclic N) is 1. The number of piperidine rings is 1. The maximum atomic E-state index is 10.2. The minimum absolute atomic E-state index is 0.105. The van der Waals surface area contributed by atoms with Gasteiger partial charge >= 0.3 is 0 Å². The van der Waals surface area contributed by atoms with Gasteiger partial charge in [0.15, 0.2) is 0 Å². The number of likely N-dealkylation sites (tertiary alicyclic amines) is 1. The van der Waals surface area contributed by atoms with Gasteiger partial charge in [-0.1, -0.05) is 25.7 Å². The molecular weight excluding hydrogens is 226 g/mol. The molecule has 1 unspecified atom stereocenters. The quantitative estimate of drug-likeness (QED) is 0.790. The van der Waals surface area contributed by atoms with Crippen molar-refractivity contribution < 1.29 is 9.84 Å². The molecule has 0 aromatic heterocycles. The molecule has 1 heterocycles. The first-order valence-corrected chi connectivity index (χ1v) is 7.67. The topological polar surface area (TPSA) is 32.7 Å². The number of rotatable bonds is 6. The van der Waals surface area contributed by atoms with Crippen molar-refractivity contribution in [2.75, 3.05) is 33.4 Å². The van der Waals surface area contributed by atoms with Crippen LogP contribution in [0.25, 0.3) is 0 Å². The molecule has 1 N–H and O–H groups in total. The van der Waals surface area contributed by atoms with E-state index < -0.39 is 0 Å². The maximum Gasteiger partial charge on any atom is 0.0669 e. The summed E-state index contributed by atoms with van der Waals surface area (Å²) in [7, 11) is 1.79. The van der Waals surface area contributed by atoms with E-state index in [1.807, 2.05) is 0 Å². The van der Waals surface area contributed by atoms with E-state index in [1.54, 1.807) is 7.11 Å². The highest BCUT2D eigenvalue weighted by molar-refractivity contribution is 4.77. The lowest BCUT2D eigenvalue weighted by atomic mass is 9.96. The Bertz CT molecular complexity index is 221. The van der Waals surface area contributed by atoms with Crippen LogP contribution in [0, 0.1) is 11.8 Å². The van der Waals surface area contributed by atoms with Crippen molar-refractivity contribution in [2.24, 2.45) is 11.8 Å². The van der Waals surface area contributed by atoms with Crippen LogP contribution in [0.4, 0.5) is 0 Å². The van der Waals surface area contributed by atoms with Crippen molar-refractivity contribution in [3.8, 4) is 0 Å². The number of aliphatic hydroxyl groups excluding tert-OH is 1. The summed E-state index contributed by atoms with van der Waals surface area (Å²) in [6.07, 6.45) is 8.80. The molecule has 0 spiro atoms. The standard InChI is InChI=1S/C15H29NO2/c1-18-12-14-6-8-16(9-7-14)11-15(17)10-13-4-2-3-5-13/h13-15,17H,2-12H2,1H3. The van der Waals surface area contributed by atoms with Gasteiger partial charge in [0.1, 0.15) is 0 Å². The van der Waals surface area contributed by atoms with Crippen LogP contribution in [0.2, 0.25) is 0 Å². The molecule has 3 heteroatoms. The number of hydrogen-bond acceptors (Lipinski definition) is 3. The van der Waals surface area contributed by atoms with Crippen LogP contribution in [0.5, 0.6) is 0 Å². The summed E-state index contributed by atoms with van der Waals surface area (Å²) in [6, 6.07) is 0. The fraction of sp³-hybridized carbons (Fsp3) is 1.00. The van der Waals surface area contributed by atoms with Gasteiger partial charge in [0.25, 0.3) is 0 Å². The molecule has 3 nitrogen and oxygen atoms in total. The van der Waals surface area contributed by atoms with Crippen LogP contribution in [0.3, 0.4) is 0 Å². The molecule has 0 aromatic carbocycles. The van der Waals surface area contributed by atoms with Crippen molar-refractivity contribution in [2.45, 2.75) is 51.0 Å². The van der Waals surface area contributed by atoms with Gasteiger partial charge in [-0.25, -0.2) is 0 Å². The van der Waals surface area contributed by atoms with Crippen LogP contribution in [-0.2, 0) is 4.74 Å². The molecule has 106 valence electrons. The highest BCUT2D eigenvalue weighted by Gasteiger charge is 2.23. The Labute approximate surface area is 112 Å². The normalized spacial score (nSPS) is 25.7. The smallest absolute Gasteiger partial charge is 0.0669 e. The summed E-state index contributed by atoms with van der Waals surface area (Å²) < 4.78 is 5.22. The van der Waals surface area contributed by atoms with Gasteiger partial charge in [-0.2, -0.15) is 0 Å². The summed E-state index contributed by atoms with van der Waals surface area (Å²) >= 11 is 0. The second-order valence-corrected chi connectivity index (χ2v) is 6.24. The Balaban J connectivity index is 1.61.